The van der Waals surface area contributed by atoms with Crippen molar-refractivity contribution in [2.24, 2.45) is 0 Å². The van der Waals surface area contributed by atoms with Crippen LogP contribution in [0.2, 0.25) is 0 Å². The highest BCUT2D eigenvalue weighted by Gasteiger charge is 2.08. The molecule has 1 heterocycles. The molecule has 0 unspecified atom stereocenters. The first kappa shape index (κ1) is 16.9. The molecule has 1 amide bonds. The van der Waals surface area contributed by atoms with E-state index < -0.39 is 0 Å². The maximum Gasteiger partial charge on any atom is 0.220 e. The van der Waals surface area contributed by atoms with Gasteiger partial charge in [0.05, 0.1) is 14.2 Å². The molecular formula is C18H24N2O3. The quantitative estimate of drug-likeness (QED) is 0.825. The Hall–Kier alpha value is -2.43. The van der Waals surface area contributed by atoms with E-state index in [0.29, 0.717) is 30.9 Å². The van der Waals surface area contributed by atoms with Gasteiger partial charge in [0.15, 0.2) is 11.5 Å². The molecule has 1 aromatic carbocycles. The Labute approximate surface area is 137 Å². The van der Waals surface area contributed by atoms with Gasteiger partial charge in [0, 0.05) is 24.4 Å². The van der Waals surface area contributed by atoms with Gasteiger partial charge in [-0.2, -0.15) is 0 Å². The van der Waals surface area contributed by atoms with Crippen molar-refractivity contribution < 1.29 is 14.3 Å². The van der Waals surface area contributed by atoms with Crippen LogP contribution in [0.15, 0.2) is 24.3 Å². The number of hydrogen-bond donors (Lipinski definition) is 2. The summed E-state index contributed by atoms with van der Waals surface area (Å²) in [6, 6.07) is 7.78. The molecule has 2 aromatic rings. The van der Waals surface area contributed by atoms with Crippen LogP contribution < -0.4 is 14.8 Å². The Kier molecular flexibility index (Phi) is 5.68. The van der Waals surface area contributed by atoms with Crippen molar-refractivity contribution >= 4 is 5.91 Å². The van der Waals surface area contributed by atoms with Crippen LogP contribution in [0.4, 0.5) is 0 Å². The number of methoxy groups -OCH3 is 2. The highest BCUT2D eigenvalue weighted by Crippen LogP contribution is 2.27. The summed E-state index contributed by atoms with van der Waals surface area (Å²) in [5.74, 6) is 1.42. The van der Waals surface area contributed by atoms with E-state index in [1.165, 1.54) is 0 Å². The van der Waals surface area contributed by atoms with Crippen molar-refractivity contribution in [3.8, 4) is 11.5 Å². The van der Waals surface area contributed by atoms with Gasteiger partial charge in [-0.3, -0.25) is 4.79 Å². The monoisotopic (exact) mass is 316 g/mol. The van der Waals surface area contributed by atoms with Crippen molar-refractivity contribution in [3.63, 3.8) is 0 Å². The average Bonchev–Trinajstić information content (AvgIpc) is 2.88. The zero-order valence-electron chi connectivity index (χ0n) is 14.2. The van der Waals surface area contributed by atoms with Crippen LogP contribution in [0.5, 0.6) is 11.5 Å². The van der Waals surface area contributed by atoms with Crippen LogP contribution in [0.3, 0.4) is 0 Å². The zero-order chi connectivity index (χ0) is 16.8. The van der Waals surface area contributed by atoms with Gasteiger partial charge in [-0.25, -0.2) is 0 Å². The molecule has 5 nitrogen and oxygen atoms in total. The fraction of sp³-hybridized carbons (Fsp3) is 0.389. The van der Waals surface area contributed by atoms with Crippen LogP contribution in [0.25, 0.3) is 0 Å². The number of benzene rings is 1. The molecule has 1 aromatic heterocycles. The number of amides is 1. The Balaban J connectivity index is 1.85. The first-order chi connectivity index (χ1) is 11.0. The Morgan fingerprint density at radius 2 is 1.87 bits per heavy atom. The van der Waals surface area contributed by atoms with E-state index in [0.717, 1.165) is 22.5 Å². The minimum Gasteiger partial charge on any atom is -0.493 e. The van der Waals surface area contributed by atoms with Gasteiger partial charge in [0.2, 0.25) is 5.91 Å². The molecule has 124 valence electrons. The molecule has 0 radical (unpaired) electrons. The van der Waals surface area contributed by atoms with E-state index in [2.05, 4.69) is 16.4 Å². The number of ether oxygens (including phenoxy) is 2. The van der Waals surface area contributed by atoms with Gasteiger partial charge in [0.25, 0.3) is 0 Å². The molecule has 5 heteroatoms. The topological polar surface area (TPSA) is 63.3 Å². The lowest BCUT2D eigenvalue weighted by Crippen LogP contribution is -2.23. The second-order valence-electron chi connectivity index (χ2n) is 5.57. The lowest BCUT2D eigenvalue weighted by Gasteiger charge is -2.09. The van der Waals surface area contributed by atoms with Crippen LogP contribution in [0.1, 0.15) is 28.9 Å². The van der Waals surface area contributed by atoms with Crippen molar-refractivity contribution in [1.29, 1.82) is 0 Å². The summed E-state index contributed by atoms with van der Waals surface area (Å²) in [6.45, 7) is 4.58. The minimum absolute atomic E-state index is 0.0398. The van der Waals surface area contributed by atoms with Crippen LogP contribution >= 0.6 is 0 Å². The molecule has 23 heavy (non-hydrogen) atoms. The molecule has 0 aliphatic heterocycles. The first-order valence-corrected chi connectivity index (χ1v) is 7.66. The fourth-order valence-corrected chi connectivity index (χ4v) is 2.54. The summed E-state index contributed by atoms with van der Waals surface area (Å²) in [5.41, 5.74) is 4.38. The molecule has 0 bridgehead atoms. The molecule has 0 fully saturated rings. The van der Waals surface area contributed by atoms with Crippen LogP contribution in [0, 0.1) is 13.8 Å². The normalized spacial score (nSPS) is 10.4. The minimum atomic E-state index is 0.0398. The van der Waals surface area contributed by atoms with Crippen molar-refractivity contribution in [2.45, 2.75) is 33.2 Å². The lowest BCUT2D eigenvalue weighted by molar-refractivity contribution is -0.121. The van der Waals surface area contributed by atoms with Crippen LogP contribution in [-0.4, -0.2) is 25.1 Å². The predicted molar refractivity (Wildman–Crippen MR) is 90.0 cm³/mol. The molecule has 0 atom stereocenters. The van der Waals surface area contributed by atoms with E-state index in [4.69, 9.17) is 9.47 Å². The molecule has 2 N–H and O–H groups in total. The number of aryl methyl sites for hydroxylation is 3. The summed E-state index contributed by atoms with van der Waals surface area (Å²) in [4.78, 5) is 15.2. The molecule has 0 aliphatic rings. The van der Waals surface area contributed by atoms with Gasteiger partial charge < -0.3 is 19.8 Å². The smallest absolute Gasteiger partial charge is 0.220 e. The Morgan fingerprint density at radius 1 is 1.13 bits per heavy atom. The molecular weight excluding hydrogens is 292 g/mol. The summed E-state index contributed by atoms with van der Waals surface area (Å²) in [6.07, 6.45) is 1.11. The third-order valence-electron chi connectivity index (χ3n) is 3.82. The van der Waals surface area contributed by atoms with Crippen molar-refractivity contribution in [1.82, 2.24) is 10.3 Å². The largest absolute Gasteiger partial charge is 0.493 e. The second-order valence-corrected chi connectivity index (χ2v) is 5.57. The summed E-state index contributed by atoms with van der Waals surface area (Å²) in [5, 5.41) is 2.96. The van der Waals surface area contributed by atoms with E-state index in [9.17, 15) is 4.79 Å². The molecule has 2 rings (SSSR count). The van der Waals surface area contributed by atoms with E-state index in [1.54, 1.807) is 14.2 Å². The standard InChI is InChI=1S/C18H24N2O3/c1-12-9-15(13(2)20-12)11-19-18(21)8-6-14-5-7-16(22-3)17(10-14)23-4/h5,7,9-10,20H,6,8,11H2,1-4H3,(H,19,21). The van der Waals surface area contributed by atoms with Gasteiger partial charge in [0.1, 0.15) is 0 Å². The predicted octanol–water partition coefficient (Wildman–Crippen LogP) is 2.90. The number of carbonyl (C=O) groups excluding carboxylic acids is 1. The number of rotatable bonds is 7. The van der Waals surface area contributed by atoms with Gasteiger partial charge >= 0.3 is 0 Å². The van der Waals surface area contributed by atoms with Gasteiger partial charge in [-0.1, -0.05) is 6.07 Å². The van der Waals surface area contributed by atoms with Crippen molar-refractivity contribution in [3.05, 3.63) is 46.8 Å². The maximum absolute atomic E-state index is 12.0. The average molecular weight is 316 g/mol. The number of carbonyl (C=O) groups is 1. The number of aromatic amines is 1. The molecule has 0 saturated carbocycles. The van der Waals surface area contributed by atoms with Gasteiger partial charge in [-0.15, -0.1) is 0 Å². The Bertz CT molecular complexity index is 677. The SMILES string of the molecule is COc1ccc(CCC(=O)NCc2cc(C)[nH]c2C)cc1OC. The molecule has 0 saturated heterocycles. The van der Waals surface area contributed by atoms with E-state index in [1.807, 2.05) is 32.0 Å². The van der Waals surface area contributed by atoms with Gasteiger partial charge in [-0.05, 0) is 49.6 Å². The number of nitrogens with one attached hydrogen (secondary N) is 2. The van der Waals surface area contributed by atoms with E-state index in [-0.39, 0.29) is 5.91 Å². The summed E-state index contributed by atoms with van der Waals surface area (Å²) >= 11 is 0. The van der Waals surface area contributed by atoms with Crippen molar-refractivity contribution in [2.75, 3.05) is 14.2 Å². The summed E-state index contributed by atoms with van der Waals surface area (Å²) in [7, 11) is 3.21. The highest BCUT2D eigenvalue weighted by atomic mass is 16.5. The Morgan fingerprint density at radius 3 is 2.48 bits per heavy atom. The molecule has 0 aliphatic carbocycles. The third kappa shape index (κ3) is 4.52. The zero-order valence-corrected chi connectivity index (χ0v) is 14.2. The molecule has 0 spiro atoms. The number of hydrogen-bond acceptors (Lipinski definition) is 3. The second kappa shape index (κ2) is 7.72. The lowest BCUT2D eigenvalue weighted by atomic mass is 10.1. The highest BCUT2D eigenvalue weighted by molar-refractivity contribution is 5.76. The first-order valence-electron chi connectivity index (χ1n) is 7.66. The number of H-pyrrole nitrogens is 1. The number of aromatic nitrogens is 1. The third-order valence-corrected chi connectivity index (χ3v) is 3.82. The maximum atomic E-state index is 12.0. The summed E-state index contributed by atoms with van der Waals surface area (Å²) < 4.78 is 10.5. The van der Waals surface area contributed by atoms with Crippen LogP contribution in [-0.2, 0) is 17.8 Å². The van der Waals surface area contributed by atoms with E-state index >= 15 is 0 Å². The fourth-order valence-electron chi connectivity index (χ4n) is 2.54.